The van der Waals surface area contributed by atoms with Crippen molar-refractivity contribution in [2.24, 2.45) is 5.84 Å². The molecule has 0 saturated heterocycles. The summed E-state index contributed by atoms with van der Waals surface area (Å²) in [5.74, 6) is 5.64. The van der Waals surface area contributed by atoms with Crippen LogP contribution in [0.3, 0.4) is 0 Å². The van der Waals surface area contributed by atoms with Crippen molar-refractivity contribution in [1.82, 2.24) is 5.43 Å². The Labute approximate surface area is 123 Å². The van der Waals surface area contributed by atoms with Gasteiger partial charge in [-0.1, -0.05) is 26.0 Å². The minimum absolute atomic E-state index is 0.366. The zero-order valence-corrected chi connectivity index (χ0v) is 12.6. The summed E-state index contributed by atoms with van der Waals surface area (Å²) >= 11 is 0. The number of benzene rings is 1. The predicted molar refractivity (Wildman–Crippen MR) is 76.4 cm³/mol. The topological polar surface area (TPSA) is 47.3 Å². The smallest absolute Gasteiger partial charge is 0.373 e. The van der Waals surface area contributed by atoms with Gasteiger partial charge in [0, 0.05) is 6.61 Å². The standard InChI is InChI=1S/C15H23F3N2O/c1-4-14(5-2,21-6-3)13(20-19)11-7-9-12(10-8-11)15(16,17)18/h7-10,13,20H,4-6,19H2,1-3H3. The first-order chi connectivity index (χ1) is 9.84. The molecule has 0 aromatic heterocycles. The highest BCUT2D eigenvalue weighted by atomic mass is 19.4. The fraction of sp³-hybridized carbons (Fsp3) is 0.600. The second kappa shape index (κ2) is 7.24. The Balaban J connectivity index is 3.14. The minimum atomic E-state index is -4.34. The molecule has 21 heavy (non-hydrogen) atoms. The molecule has 0 heterocycles. The van der Waals surface area contributed by atoms with E-state index in [-0.39, 0.29) is 6.04 Å². The molecule has 0 fully saturated rings. The lowest BCUT2D eigenvalue weighted by molar-refractivity contribution is -0.137. The number of halogens is 3. The summed E-state index contributed by atoms with van der Waals surface area (Å²) in [5, 5.41) is 0. The first-order valence-electron chi connectivity index (χ1n) is 7.11. The van der Waals surface area contributed by atoms with E-state index < -0.39 is 17.3 Å². The summed E-state index contributed by atoms with van der Waals surface area (Å²) in [5.41, 5.74) is 2.17. The summed E-state index contributed by atoms with van der Waals surface area (Å²) < 4.78 is 43.7. The van der Waals surface area contributed by atoms with Crippen molar-refractivity contribution < 1.29 is 17.9 Å². The Kier molecular flexibility index (Phi) is 6.19. The quantitative estimate of drug-likeness (QED) is 0.595. The Morgan fingerprint density at radius 1 is 1.10 bits per heavy atom. The molecule has 0 amide bonds. The van der Waals surface area contributed by atoms with Gasteiger partial charge in [0.2, 0.25) is 0 Å². The normalized spacial score (nSPS) is 14.2. The van der Waals surface area contributed by atoms with Crippen LogP contribution in [-0.2, 0) is 10.9 Å². The Hall–Kier alpha value is -1.11. The monoisotopic (exact) mass is 304 g/mol. The van der Waals surface area contributed by atoms with Gasteiger partial charge in [-0.15, -0.1) is 0 Å². The van der Waals surface area contributed by atoms with Crippen LogP contribution in [0.5, 0.6) is 0 Å². The summed E-state index contributed by atoms with van der Waals surface area (Å²) in [6.45, 7) is 6.36. The van der Waals surface area contributed by atoms with Gasteiger partial charge in [-0.05, 0) is 37.5 Å². The van der Waals surface area contributed by atoms with Crippen molar-refractivity contribution in [3.8, 4) is 0 Å². The molecular formula is C15H23F3N2O. The number of nitrogens with one attached hydrogen (secondary N) is 1. The largest absolute Gasteiger partial charge is 0.416 e. The van der Waals surface area contributed by atoms with Gasteiger partial charge in [0.25, 0.3) is 0 Å². The van der Waals surface area contributed by atoms with E-state index >= 15 is 0 Å². The van der Waals surface area contributed by atoms with Crippen molar-refractivity contribution in [3.63, 3.8) is 0 Å². The van der Waals surface area contributed by atoms with Crippen LogP contribution < -0.4 is 11.3 Å². The third kappa shape index (κ3) is 3.96. The van der Waals surface area contributed by atoms with E-state index in [4.69, 9.17) is 10.6 Å². The fourth-order valence-electron chi connectivity index (χ4n) is 2.65. The number of hydrogen-bond acceptors (Lipinski definition) is 3. The van der Waals surface area contributed by atoms with Crippen LogP contribution in [-0.4, -0.2) is 12.2 Å². The Morgan fingerprint density at radius 3 is 1.95 bits per heavy atom. The van der Waals surface area contributed by atoms with E-state index in [1.807, 2.05) is 20.8 Å². The molecule has 6 heteroatoms. The SMILES string of the molecule is CCOC(CC)(CC)C(NN)c1ccc(C(F)(F)F)cc1. The van der Waals surface area contributed by atoms with Crippen molar-refractivity contribution in [3.05, 3.63) is 35.4 Å². The molecule has 0 aliphatic heterocycles. The number of rotatable bonds is 7. The number of alkyl halides is 3. The van der Waals surface area contributed by atoms with Crippen LogP contribution >= 0.6 is 0 Å². The Bertz CT molecular complexity index is 428. The van der Waals surface area contributed by atoms with Crippen LogP contribution in [0.1, 0.15) is 50.8 Å². The zero-order valence-electron chi connectivity index (χ0n) is 12.6. The summed E-state index contributed by atoms with van der Waals surface area (Å²) in [4.78, 5) is 0. The Morgan fingerprint density at radius 2 is 1.62 bits per heavy atom. The second-order valence-electron chi connectivity index (χ2n) is 4.92. The van der Waals surface area contributed by atoms with Gasteiger partial charge in [0.15, 0.2) is 0 Å². The van der Waals surface area contributed by atoms with Crippen LogP contribution in [0.2, 0.25) is 0 Å². The maximum atomic E-state index is 12.6. The molecule has 3 N–H and O–H groups in total. The van der Waals surface area contributed by atoms with Gasteiger partial charge in [-0.2, -0.15) is 13.2 Å². The van der Waals surface area contributed by atoms with Crippen molar-refractivity contribution in [2.45, 2.75) is 51.4 Å². The number of hydrogen-bond donors (Lipinski definition) is 2. The lowest BCUT2D eigenvalue weighted by atomic mass is 9.84. The highest BCUT2D eigenvalue weighted by Crippen LogP contribution is 2.36. The van der Waals surface area contributed by atoms with E-state index in [0.717, 1.165) is 12.1 Å². The summed E-state index contributed by atoms with van der Waals surface area (Å²) in [6.07, 6.45) is -2.93. The third-order valence-corrected chi connectivity index (χ3v) is 3.89. The van der Waals surface area contributed by atoms with Crippen molar-refractivity contribution in [2.75, 3.05) is 6.61 Å². The van der Waals surface area contributed by atoms with E-state index in [1.165, 1.54) is 12.1 Å². The van der Waals surface area contributed by atoms with E-state index in [0.29, 0.717) is 25.0 Å². The van der Waals surface area contributed by atoms with Gasteiger partial charge in [0.05, 0.1) is 17.2 Å². The van der Waals surface area contributed by atoms with E-state index in [1.54, 1.807) is 0 Å². The molecule has 1 aromatic carbocycles. The van der Waals surface area contributed by atoms with Gasteiger partial charge in [0.1, 0.15) is 0 Å². The summed E-state index contributed by atoms with van der Waals surface area (Å²) in [6, 6.07) is 4.68. The first kappa shape index (κ1) is 17.9. The van der Waals surface area contributed by atoms with Crippen molar-refractivity contribution >= 4 is 0 Å². The van der Waals surface area contributed by atoms with Crippen LogP contribution in [0.25, 0.3) is 0 Å². The number of hydrazine groups is 1. The van der Waals surface area contributed by atoms with Crippen LogP contribution in [0.15, 0.2) is 24.3 Å². The van der Waals surface area contributed by atoms with Gasteiger partial charge in [-0.25, -0.2) is 0 Å². The van der Waals surface area contributed by atoms with Crippen LogP contribution in [0.4, 0.5) is 13.2 Å². The molecule has 0 spiro atoms. The highest BCUT2D eigenvalue weighted by Gasteiger charge is 2.37. The zero-order chi connectivity index (χ0) is 16.1. The highest BCUT2D eigenvalue weighted by molar-refractivity contribution is 5.28. The molecule has 0 aliphatic rings. The third-order valence-electron chi connectivity index (χ3n) is 3.89. The van der Waals surface area contributed by atoms with Gasteiger partial charge in [-0.3, -0.25) is 11.3 Å². The van der Waals surface area contributed by atoms with Crippen LogP contribution in [0, 0.1) is 0 Å². The number of ether oxygens (including phenoxy) is 1. The molecule has 0 bridgehead atoms. The van der Waals surface area contributed by atoms with Gasteiger partial charge >= 0.3 is 6.18 Å². The van der Waals surface area contributed by atoms with Crippen molar-refractivity contribution in [1.29, 1.82) is 0 Å². The van der Waals surface area contributed by atoms with E-state index in [9.17, 15) is 13.2 Å². The van der Waals surface area contributed by atoms with Gasteiger partial charge < -0.3 is 4.74 Å². The average Bonchev–Trinajstić information content (AvgIpc) is 2.46. The molecule has 1 aromatic rings. The molecule has 0 radical (unpaired) electrons. The average molecular weight is 304 g/mol. The molecule has 0 aliphatic carbocycles. The fourth-order valence-corrected chi connectivity index (χ4v) is 2.65. The maximum absolute atomic E-state index is 12.6. The molecule has 120 valence electrons. The second-order valence-corrected chi connectivity index (χ2v) is 4.92. The molecule has 1 atom stereocenters. The maximum Gasteiger partial charge on any atom is 0.416 e. The lowest BCUT2D eigenvalue weighted by Crippen LogP contribution is -2.48. The molecular weight excluding hydrogens is 281 g/mol. The minimum Gasteiger partial charge on any atom is -0.373 e. The van der Waals surface area contributed by atoms with E-state index in [2.05, 4.69) is 5.43 Å². The first-order valence-corrected chi connectivity index (χ1v) is 7.11. The molecule has 0 saturated carbocycles. The molecule has 1 rings (SSSR count). The summed E-state index contributed by atoms with van der Waals surface area (Å²) in [7, 11) is 0. The number of nitrogens with two attached hydrogens (primary N) is 1. The lowest BCUT2D eigenvalue weighted by Gasteiger charge is -2.39. The molecule has 3 nitrogen and oxygen atoms in total. The molecule has 1 unspecified atom stereocenters. The predicted octanol–water partition coefficient (Wildman–Crippen LogP) is 3.81.